The predicted molar refractivity (Wildman–Crippen MR) is 68.2 cm³/mol. The highest BCUT2D eigenvalue weighted by Gasteiger charge is 2.04. The molecule has 0 spiro atoms. The van der Waals surface area contributed by atoms with Crippen LogP contribution in [0.4, 0.5) is 0 Å². The Balaban J connectivity index is 0.00000106. The van der Waals surface area contributed by atoms with Gasteiger partial charge in [0.25, 0.3) is 6.26 Å². The maximum atomic E-state index is 8.45. The molecule has 1 aromatic rings. The van der Waals surface area contributed by atoms with E-state index in [1.807, 2.05) is 45.0 Å². The first-order valence-corrected chi connectivity index (χ1v) is 5.27. The van der Waals surface area contributed by atoms with Crippen LogP contribution in [-0.2, 0) is 4.74 Å². The zero-order valence-corrected chi connectivity index (χ0v) is 10.0. The third kappa shape index (κ3) is 3.62. The molecule has 1 rings (SSSR count). The Hall–Kier alpha value is -2.01. The highest BCUT2D eigenvalue weighted by Crippen LogP contribution is 2.20. The fourth-order valence-corrected chi connectivity index (χ4v) is 1.22. The molecular formula is C14H17NO. The van der Waals surface area contributed by atoms with E-state index in [-0.39, 0.29) is 0 Å². The first kappa shape index (κ1) is 14.0. The van der Waals surface area contributed by atoms with Crippen LogP contribution in [0.5, 0.6) is 0 Å². The molecule has 0 N–H and O–H groups in total. The van der Waals surface area contributed by atoms with Crippen molar-refractivity contribution < 1.29 is 4.74 Å². The second kappa shape index (κ2) is 8.31. The van der Waals surface area contributed by atoms with Gasteiger partial charge in [-0.15, -0.1) is 5.26 Å². The third-order valence-corrected chi connectivity index (χ3v) is 1.86. The predicted octanol–water partition coefficient (Wildman–Crippen LogP) is 4.21. The minimum Gasteiger partial charge on any atom is -0.388 e. The topological polar surface area (TPSA) is 33.0 Å². The molecule has 0 fully saturated rings. The zero-order valence-electron chi connectivity index (χ0n) is 10.0. The second-order valence-electron chi connectivity index (χ2n) is 2.64. The van der Waals surface area contributed by atoms with Crippen molar-refractivity contribution in [2.45, 2.75) is 20.8 Å². The van der Waals surface area contributed by atoms with Crippen LogP contribution in [0, 0.1) is 11.5 Å². The maximum absolute atomic E-state index is 8.45. The van der Waals surface area contributed by atoms with Gasteiger partial charge in [0.2, 0.25) is 0 Å². The van der Waals surface area contributed by atoms with Crippen molar-refractivity contribution in [3.8, 4) is 6.26 Å². The lowest BCUT2D eigenvalue weighted by Gasteiger charge is -2.06. The van der Waals surface area contributed by atoms with E-state index >= 15 is 0 Å². The van der Waals surface area contributed by atoms with Crippen LogP contribution in [0.3, 0.4) is 0 Å². The molecule has 0 saturated heterocycles. The van der Waals surface area contributed by atoms with E-state index in [0.29, 0.717) is 5.76 Å². The zero-order chi connectivity index (χ0) is 12.4. The van der Waals surface area contributed by atoms with Crippen molar-refractivity contribution in [2.75, 3.05) is 0 Å². The van der Waals surface area contributed by atoms with Crippen LogP contribution in [0.1, 0.15) is 31.9 Å². The van der Waals surface area contributed by atoms with Crippen molar-refractivity contribution in [3.05, 3.63) is 48.0 Å². The molecule has 0 radical (unpaired) electrons. The Morgan fingerprint density at radius 2 is 2.00 bits per heavy atom. The van der Waals surface area contributed by atoms with Crippen LogP contribution >= 0.6 is 0 Å². The molecule has 2 nitrogen and oxygen atoms in total. The monoisotopic (exact) mass is 215 g/mol. The average Bonchev–Trinajstić information content (AvgIpc) is 2.38. The Labute approximate surface area is 97.5 Å². The van der Waals surface area contributed by atoms with Gasteiger partial charge in [-0.1, -0.05) is 50.8 Å². The van der Waals surface area contributed by atoms with Crippen molar-refractivity contribution in [1.82, 2.24) is 0 Å². The number of allylic oxidation sites excluding steroid dienone is 1. The summed E-state index contributed by atoms with van der Waals surface area (Å²) in [5.41, 5.74) is 1.84. The first-order chi connectivity index (χ1) is 7.83. The van der Waals surface area contributed by atoms with Crippen molar-refractivity contribution in [1.29, 1.82) is 5.26 Å². The van der Waals surface area contributed by atoms with Gasteiger partial charge in [-0.05, 0) is 18.6 Å². The highest BCUT2D eigenvalue weighted by molar-refractivity contribution is 5.70. The van der Waals surface area contributed by atoms with Crippen LogP contribution < -0.4 is 0 Å². The summed E-state index contributed by atoms with van der Waals surface area (Å²) in [4.78, 5) is 0. The summed E-state index contributed by atoms with van der Waals surface area (Å²) in [7, 11) is 0. The number of ether oxygens (including phenoxy) is 1. The maximum Gasteiger partial charge on any atom is 0.292 e. The number of hydrogen-bond donors (Lipinski definition) is 0. The van der Waals surface area contributed by atoms with Gasteiger partial charge in [0.1, 0.15) is 5.76 Å². The van der Waals surface area contributed by atoms with E-state index in [1.165, 1.54) is 0 Å². The minimum atomic E-state index is 0.558. The SMILES string of the molecule is C=Cc1ccccc1/C(=C\C)OC#N.CC. The van der Waals surface area contributed by atoms with Gasteiger partial charge in [0.05, 0.1) is 0 Å². The third-order valence-electron chi connectivity index (χ3n) is 1.86. The number of benzene rings is 1. The molecule has 16 heavy (non-hydrogen) atoms. The van der Waals surface area contributed by atoms with Gasteiger partial charge in [0.15, 0.2) is 0 Å². The van der Waals surface area contributed by atoms with E-state index in [1.54, 1.807) is 18.4 Å². The van der Waals surface area contributed by atoms with E-state index in [4.69, 9.17) is 10.00 Å². The Bertz CT molecular complexity index is 399. The summed E-state index contributed by atoms with van der Waals surface area (Å²) in [5, 5.41) is 8.45. The Morgan fingerprint density at radius 1 is 1.38 bits per heavy atom. The first-order valence-electron chi connectivity index (χ1n) is 5.27. The molecule has 0 atom stereocenters. The van der Waals surface area contributed by atoms with Gasteiger partial charge < -0.3 is 4.74 Å². The van der Waals surface area contributed by atoms with Gasteiger partial charge in [0, 0.05) is 5.56 Å². The number of rotatable bonds is 3. The lowest BCUT2D eigenvalue weighted by atomic mass is 10.1. The highest BCUT2D eigenvalue weighted by atomic mass is 16.5. The molecule has 2 heteroatoms. The van der Waals surface area contributed by atoms with Crippen molar-refractivity contribution in [2.24, 2.45) is 0 Å². The molecule has 0 saturated carbocycles. The molecule has 0 amide bonds. The van der Waals surface area contributed by atoms with Crippen molar-refractivity contribution >= 4 is 11.8 Å². The Kier molecular flexibility index (Phi) is 7.27. The molecule has 0 heterocycles. The molecule has 0 aliphatic rings. The van der Waals surface area contributed by atoms with Gasteiger partial charge in [-0.25, -0.2) is 0 Å². The van der Waals surface area contributed by atoms with Crippen LogP contribution in [0.15, 0.2) is 36.9 Å². The summed E-state index contributed by atoms with van der Waals surface area (Å²) in [5.74, 6) is 0.558. The second-order valence-corrected chi connectivity index (χ2v) is 2.64. The molecule has 0 aliphatic carbocycles. The molecular weight excluding hydrogens is 198 g/mol. The summed E-state index contributed by atoms with van der Waals surface area (Å²) in [6.07, 6.45) is 5.16. The normalized spacial score (nSPS) is 9.50. The van der Waals surface area contributed by atoms with Crippen LogP contribution in [0.25, 0.3) is 11.8 Å². The summed E-state index contributed by atoms with van der Waals surface area (Å²) in [6, 6.07) is 7.63. The summed E-state index contributed by atoms with van der Waals surface area (Å²) >= 11 is 0. The molecule has 0 unspecified atom stereocenters. The largest absolute Gasteiger partial charge is 0.388 e. The fraction of sp³-hybridized carbons (Fsp3) is 0.214. The average molecular weight is 215 g/mol. The van der Waals surface area contributed by atoms with E-state index < -0.39 is 0 Å². The molecule has 84 valence electrons. The van der Waals surface area contributed by atoms with Gasteiger partial charge in [-0.3, -0.25) is 0 Å². The van der Waals surface area contributed by atoms with Gasteiger partial charge in [-0.2, -0.15) is 0 Å². The van der Waals surface area contributed by atoms with E-state index in [0.717, 1.165) is 11.1 Å². The minimum absolute atomic E-state index is 0.558. The molecule has 0 bridgehead atoms. The van der Waals surface area contributed by atoms with Gasteiger partial charge >= 0.3 is 0 Å². The molecule has 1 aromatic carbocycles. The van der Waals surface area contributed by atoms with E-state index in [9.17, 15) is 0 Å². The quantitative estimate of drug-likeness (QED) is 0.558. The van der Waals surface area contributed by atoms with Crippen LogP contribution in [-0.4, -0.2) is 0 Å². The lowest BCUT2D eigenvalue weighted by molar-refractivity contribution is 0.462. The van der Waals surface area contributed by atoms with Crippen LogP contribution in [0.2, 0.25) is 0 Å². The smallest absolute Gasteiger partial charge is 0.292 e. The fourth-order valence-electron chi connectivity index (χ4n) is 1.22. The standard InChI is InChI=1S/C12H11NO.C2H6/c1-3-10-7-5-6-8-11(10)12(4-2)14-9-13;1-2/h3-8H,1H2,2H3;1-2H3/b12-4+;. The number of hydrogen-bond acceptors (Lipinski definition) is 2. The molecule has 0 aliphatic heterocycles. The number of nitriles is 1. The Morgan fingerprint density at radius 3 is 2.50 bits per heavy atom. The molecule has 0 aromatic heterocycles. The number of nitrogens with zero attached hydrogens (tertiary/aromatic N) is 1. The van der Waals surface area contributed by atoms with Crippen molar-refractivity contribution in [3.63, 3.8) is 0 Å². The summed E-state index contributed by atoms with van der Waals surface area (Å²) in [6.45, 7) is 9.53. The summed E-state index contributed by atoms with van der Waals surface area (Å²) < 4.78 is 4.84. The lowest BCUT2D eigenvalue weighted by Crippen LogP contribution is -1.89. The van der Waals surface area contributed by atoms with E-state index in [2.05, 4.69) is 6.58 Å².